The van der Waals surface area contributed by atoms with Crippen LogP contribution in [0.4, 0.5) is 0 Å². The minimum atomic E-state index is 0. The van der Waals surface area contributed by atoms with Crippen LogP contribution < -0.4 is 0 Å². The van der Waals surface area contributed by atoms with Crippen molar-refractivity contribution in [1.29, 1.82) is 0 Å². The van der Waals surface area contributed by atoms with Crippen LogP contribution in [-0.2, 0) is 21.1 Å². The summed E-state index contributed by atoms with van der Waals surface area (Å²) in [4.78, 5) is 19.6. The van der Waals surface area contributed by atoms with Gasteiger partial charge in [-0.3, -0.25) is 9.78 Å². The summed E-state index contributed by atoms with van der Waals surface area (Å²) in [6.45, 7) is 8.19. The Labute approximate surface area is 302 Å². The first-order valence-electron chi connectivity index (χ1n) is 17.0. The zero-order valence-electron chi connectivity index (χ0n) is 28.4. The number of allylic oxidation sites excluding steroid dienone is 2. The third kappa shape index (κ3) is 7.53. The van der Waals surface area contributed by atoms with E-state index in [-0.39, 0.29) is 32.9 Å². The van der Waals surface area contributed by atoms with Crippen molar-refractivity contribution < 1.29 is 35.4 Å². The monoisotopic (exact) mass is 829 g/mol. The number of benzene rings is 4. The van der Waals surface area contributed by atoms with Gasteiger partial charge in [-0.1, -0.05) is 105 Å². The maximum absolute atomic E-state index is 9.80. The average molecular weight is 830 g/mol. The van der Waals surface area contributed by atoms with Crippen molar-refractivity contribution in [2.45, 2.75) is 53.4 Å². The molecule has 5 nitrogen and oxygen atoms in total. The van der Waals surface area contributed by atoms with Crippen LogP contribution in [0.2, 0.25) is 0 Å². The number of hydrogen-bond acceptors (Lipinski definition) is 4. The van der Waals surface area contributed by atoms with Gasteiger partial charge in [-0.05, 0) is 61.0 Å². The van der Waals surface area contributed by atoms with Crippen LogP contribution in [0.1, 0.15) is 53.4 Å². The van der Waals surface area contributed by atoms with E-state index in [2.05, 4.69) is 60.7 Å². The number of nitrogens with zero attached hydrogens (tertiary/aromatic N) is 2. The molecule has 2 N–H and O–H groups in total. The van der Waals surface area contributed by atoms with E-state index >= 15 is 0 Å². The largest absolute Gasteiger partial charge is 0.512 e. The summed E-state index contributed by atoms with van der Waals surface area (Å²) in [5.74, 6) is 1.01. The standard InChI is InChI=1S/C30H17N2O.C13H24O2.Pt/c1-3-13-25-19(7-1)15-17-27(31-25)23-11-5-9-21-22-10-6-12-24(30(22)33-29(21)23)28-18-16-20-8-2-4-14-26(20)32-28;1-5-10(6-2)12(14)9-13(15)11(7-3)8-4;/h1-11,13-18H;9-11,14H,5-8H2,1-4H3;/q-1;;/p+1/b;12-9-;. The minimum Gasteiger partial charge on any atom is -0.512 e. The third-order valence-corrected chi connectivity index (χ3v) is 9.29. The van der Waals surface area contributed by atoms with Crippen LogP contribution in [0.5, 0.6) is 0 Å². The number of rotatable bonds is 9. The number of carbonyl (C=O) groups excluding carboxylic acids is 1. The smallest absolute Gasteiger partial charge is 0.322 e. The first-order valence-corrected chi connectivity index (χ1v) is 17.0. The number of hydrogen-bond donors (Lipinski definition) is 1. The van der Waals surface area contributed by atoms with Crippen molar-refractivity contribution in [3.8, 4) is 22.5 Å². The van der Waals surface area contributed by atoms with Crippen molar-refractivity contribution in [3.05, 3.63) is 121 Å². The summed E-state index contributed by atoms with van der Waals surface area (Å²) < 4.78 is 6.54. The SMILES string of the molecule is CCC(CC)C(=[OH+])/C=C(\O)C(CC)CC.[Pt].[c-]1ccc2c(oc3c(-c4ccc5ccccc5n4)cccc32)c1-c1ccc2ccccc2n1. The molecule has 0 atom stereocenters. The minimum absolute atomic E-state index is 0. The number of aromatic nitrogens is 2. The Bertz CT molecular complexity index is 2110. The number of fused-ring (bicyclic) bond motifs is 5. The van der Waals surface area contributed by atoms with Crippen LogP contribution in [-0.4, -0.2) is 25.7 Å². The second-order valence-corrected chi connectivity index (χ2v) is 12.2. The molecule has 4 aromatic carbocycles. The Hall–Kier alpha value is -4.60. The second kappa shape index (κ2) is 16.2. The van der Waals surface area contributed by atoms with Gasteiger partial charge in [0.25, 0.3) is 0 Å². The van der Waals surface area contributed by atoms with E-state index in [0.29, 0.717) is 11.5 Å². The van der Waals surface area contributed by atoms with Gasteiger partial charge in [0.05, 0.1) is 34.3 Å². The maximum atomic E-state index is 9.80. The van der Waals surface area contributed by atoms with E-state index in [1.54, 1.807) is 6.08 Å². The van der Waals surface area contributed by atoms with E-state index in [1.165, 1.54) is 0 Å². The molecule has 0 fully saturated rings. The van der Waals surface area contributed by atoms with E-state index in [1.807, 2.05) is 76.2 Å². The van der Waals surface area contributed by atoms with Gasteiger partial charge in [0.1, 0.15) is 11.3 Å². The predicted molar refractivity (Wildman–Crippen MR) is 200 cm³/mol. The molecule has 7 rings (SSSR count). The molecule has 0 amide bonds. The van der Waals surface area contributed by atoms with Gasteiger partial charge in [-0.25, -0.2) is 4.98 Å². The molecule has 0 bridgehead atoms. The Balaban J connectivity index is 0.000000252. The zero-order valence-corrected chi connectivity index (χ0v) is 30.7. The first kappa shape index (κ1) is 35.7. The van der Waals surface area contributed by atoms with Gasteiger partial charge in [-0.15, -0.1) is 18.2 Å². The number of furan rings is 1. The first-order chi connectivity index (χ1) is 23.4. The van der Waals surface area contributed by atoms with Crippen LogP contribution in [0.25, 0.3) is 66.3 Å². The molecule has 3 aromatic heterocycles. The number of para-hydroxylation sites is 3. The molecule has 252 valence electrons. The van der Waals surface area contributed by atoms with E-state index in [4.69, 9.17) is 14.4 Å². The predicted octanol–water partition coefficient (Wildman–Crippen LogP) is 11.7. The molecule has 0 unspecified atom stereocenters. The van der Waals surface area contributed by atoms with E-state index in [0.717, 1.165) is 91.9 Å². The van der Waals surface area contributed by atoms with Gasteiger partial charge < -0.3 is 9.52 Å². The van der Waals surface area contributed by atoms with Gasteiger partial charge in [0.15, 0.2) is 0 Å². The number of ketones is 1. The molecule has 0 aliphatic rings. The van der Waals surface area contributed by atoms with Crippen molar-refractivity contribution in [2.24, 2.45) is 11.8 Å². The van der Waals surface area contributed by atoms with Crippen LogP contribution in [0.15, 0.2) is 119 Å². The van der Waals surface area contributed by atoms with Crippen molar-refractivity contribution in [3.63, 3.8) is 0 Å². The van der Waals surface area contributed by atoms with Crippen LogP contribution >= 0.6 is 0 Å². The second-order valence-electron chi connectivity index (χ2n) is 12.2. The molecule has 6 heteroatoms. The fraction of sp³-hybridized carbons (Fsp3) is 0.233. The Morgan fingerprint density at radius 3 is 1.90 bits per heavy atom. The summed E-state index contributed by atoms with van der Waals surface area (Å²) >= 11 is 0. The summed E-state index contributed by atoms with van der Waals surface area (Å²) in [5, 5.41) is 14.2. The third-order valence-electron chi connectivity index (χ3n) is 9.29. The van der Waals surface area contributed by atoms with Gasteiger partial charge in [0.2, 0.25) is 0 Å². The summed E-state index contributed by atoms with van der Waals surface area (Å²) in [6.07, 6.45) is 5.20. The van der Waals surface area contributed by atoms with Crippen LogP contribution in [0, 0.1) is 17.9 Å². The molecule has 0 saturated carbocycles. The topological polar surface area (TPSA) is 80.5 Å². The fourth-order valence-electron chi connectivity index (χ4n) is 6.38. The van der Waals surface area contributed by atoms with Gasteiger partial charge in [0, 0.05) is 43.3 Å². The summed E-state index contributed by atoms with van der Waals surface area (Å²) in [7, 11) is 0. The Morgan fingerprint density at radius 2 is 1.27 bits per heavy atom. The van der Waals surface area contributed by atoms with Gasteiger partial charge in [-0.2, -0.15) is 0 Å². The van der Waals surface area contributed by atoms with Crippen molar-refractivity contribution in [1.82, 2.24) is 9.97 Å². The molecule has 7 aromatic rings. The molecule has 0 spiro atoms. The zero-order chi connectivity index (χ0) is 33.6. The molecule has 3 heterocycles. The summed E-state index contributed by atoms with van der Waals surface area (Å²) in [6, 6.07) is 38.2. The molecule has 0 aliphatic carbocycles. The molecule has 0 aliphatic heterocycles. The quantitative estimate of drug-likeness (QED) is 0.0680. The molecule has 0 saturated heterocycles. The average Bonchev–Trinajstić information content (AvgIpc) is 3.52. The number of aliphatic hydroxyl groups excluding tert-OH is 1. The van der Waals surface area contributed by atoms with Gasteiger partial charge >= 0.3 is 5.78 Å². The summed E-state index contributed by atoms with van der Waals surface area (Å²) in [5.41, 5.74) is 7.14. The fourth-order valence-corrected chi connectivity index (χ4v) is 6.38. The van der Waals surface area contributed by atoms with E-state index in [9.17, 15) is 9.90 Å². The normalized spacial score (nSPS) is 11.7. The Kier molecular flexibility index (Phi) is 11.8. The van der Waals surface area contributed by atoms with Crippen molar-refractivity contribution in [2.75, 3.05) is 0 Å². The number of pyridine rings is 2. The van der Waals surface area contributed by atoms with E-state index < -0.39 is 0 Å². The van der Waals surface area contributed by atoms with Crippen molar-refractivity contribution >= 4 is 49.5 Å². The Morgan fingerprint density at radius 1 is 0.694 bits per heavy atom. The molecule has 0 radical (unpaired) electrons. The van der Waals surface area contributed by atoms with Crippen LogP contribution in [0.3, 0.4) is 0 Å². The molecular weight excluding hydrogens is 788 g/mol. The number of aliphatic hydroxyl groups is 1. The maximum Gasteiger partial charge on any atom is 0.322 e. The molecule has 49 heavy (non-hydrogen) atoms. The molecular formula is C43H42N2O3Pt.